The van der Waals surface area contributed by atoms with Crippen LogP contribution in [-0.2, 0) is 11.8 Å². The number of ether oxygens (including phenoxy) is 1. The highest BCUT2D eigenvalue weighted by Gasteiger charge is 2.25. The molecule has 7 nitrogen and oxygen atoms in total. The van der Waals surface area contributed by atoms with Gasteiger partial charge in [-0.3, -0.25) is 9.36 Å². The van der Waals surface area contributed by atoms with E-state index >= 15 is 0 Å². The zero-order valence-electron chi connectivity index (χ0n) is 14.7. The Bertz CT molecular complexity index is 1010. The van der Waals surface area contributed by atoms with Crippen LogP contribution >= 0.6 is 15.9 Å². The number of anilines is 1. The summed E-state index contributed by atoms with van der Waals surface area (Å²) in [6.07, 6.45) is 3.00. The molecule has 1 saturated heterocycles. The summed E-state index contributed by atoms with van der Waals surface area (Å²) in [5.41, 5.74) is 2.13. The van der Waals surface area contributed by atoms with Gasteiger partial charge in [-0.2, -0.15) is 0 Å². The molecule has 1 fully saturated rings. The van der Waals surface area contributed by atoms with Crippen molar-refractivity contribution in [1.29, 1.82) is 0 Å². The predicted octanol–water partition coefficient (Wildman–Crippen LogP) is 2.58. The highest BCUT2D eigenvalue weighted by molar-refractivity contribution is 9.10. The normalized spacial score (nSPS) is 17.1. The lowest BCUT2D eigenvalue weighted by molar-refractivity contribution is 0.0389. The van der Waals surface area contributed by atoms with Crippen LogP contribution in [0.3, 0.4) is 0 Å². The van der Waals surface area contributed by atoms with Gasteiger partial charge in [-0.25, -0.2) is 15.0 Å². The number of benzene rings is 1. The lowest BCUT2D eigenvalue weighted by Crippen LogP contribution is -2.41. The second kappa shape index (κ2) is 7.58. The van der Waals surface area contributed by atoms with E-state index in [1.54, 1.807) is 23.9 Å². The molecule has 1 aliphatic rings. The average Bonchev–Trinajstić information content (AvgIpc) is 2.71. The molecule has 27 heavy (non-hydrogen) atoms. The van der Waals surface area contributed by atoms with Gasteiger partial charge in [-0.15, -0.1) is 0 Å². The maximum Gasteiger partial charge on any atom is 0.255 e. The Morgan fingerprint density at radius 2 is 2.11 bits per heavy atom. The number of hydrogen-bond donors (Lipinski definition) is 0. The summed E-state index contributed by atoms with van der Waals surface area (Å²) in [4.78, 5) is 27.4. The van der Waals surface area contributed by atoms with E-state index in [2.05, 4.69) is 36.9 Å². The largest absolute Gasteiger partial charge is 0.370 e. The number of rotatable bonds is 3. The topological polar surface area (TPSA) is 73.1 Å². The van der Waals surface area contributed by atoms with Gasteiger partial charge in [-0.05, 0) is 23.8 Å². The molecule has 1 aromatic carbocycles. The minimum absolute atomic E-state index is 0.0872. The van der Waals surface area contributed by atoms with Crippen molar-refractivity contribution in [2.24, 2.45) is 7.05 Å². The first-order valence-electron chi connectivity index (χ1n) is 8.58. The van der Waals surface area contributed by atoms with E-state index in [0.717, 1.165) is 10.0 Å². The molecule has 0 saturated carbocycles. The summed E-state index contributed by atoms with van der Waals surface area (Å²) in [7, 11) is 1.73. The summed E-state index contributed by atoms with van der Waals surface area (Å²) in [5.74, 6) is 0.611. The average molecular weight is 428 g/mol. The fourth-order valence-electron chi connectivity index (χ4n) is 3.12. The third kappa shape index (κ3) is 3.77. The van der Waals surface area contributed by atoms with Crippen LogP contribution in [0.4, 0.5) is 5.95 Å². The highest BCUT2D eigenvalue weighted by Crippen LogP contribution is 2.27. The molecule has 1 aliphatic heterocycles. The fraction of sp³-hybridized carbons (Fsp3) is 0.263. The van der Waals surface area contributed by atoms with E-state index in [1.807, 2.05) is 18.2 Å². The van der Waals surface area contributed by atoms with Gasteiger partial charge in [0.2, 0.25) is 5.95 Å². The minimum Gasteiger partial charge on any atom is -0.370 e. The van der Waals surface area contributed by atoms with Gasteiger partial charge in [0, 0.05) is 30.3 Å². The predicted molar refractivity (Wildman–Crippen MR) is 106 cm³/mol. The Morgan fingerprint density at radius 1 is 1.22 bits per heavy atom. The van der Waals surface area contributed by atoms with Gasteiger partial charge >= 0.3 is 0 Å². The number of morpholine rings is 1. The quantitative estimate of drug-likeness (QED) is 0.639. The molecule has 3 aromatic rings. The van der Waals surface area contributed by atoms with E-state index in [0.29, 0.717) is 37.0 Å². The third-order valence-corrected chi connectivity index (χ3v) is 5.02. The van der Waals surface area contributed by atoms with Gasteiger partial charge < -0.3 is 9.64 Å². The first-order valence-corrected chi connectivity index (χ1v) is 9.37. The van der Waals surface area contributed by atoms with Gasteiger partial charge in [0.1, 0.15) is 12.4 Å². The van der Waals surface area contributed by atoms with Crippen LogP contribution in [0.25, 0.3) is 11.4 Å². The van der Waals surface area contributed by atoms with Crippen molar-refractivity contribution in [3.8, 4) is 11.4 Å². The van der Waals surface area contributed by atoms with Crippen LogP contribution < -0.4 is 10.5 Å². The molecule has 0 radical (unpaired) electrons. The maximum atomic E-state index is 12.5. The first-order chi connectivity index (χ1) is 13.1. The van der Waals surface area contributed by atoms with E-state index in [-0.39, 0.29) is 11.7 Å². The van der Waals surface area contributed by atoms with Crippen LogP contribution in [0.2, 0.25) is 0 Å². The van der Waals surface area contributed by atoms with Crippen LogP contribution in [-0.4, -0.2) is 39.2 Å². The summed E-state index contributed by atoms with van der Waals surface area (Å²) < 4.78 is 8.53. The maximum absolute atomic E-state index is 12.5. The van der Waals surface area contributed by atoms with Gasteiger partial charge in [-0.1, -0.05) is 28.1 Å². The molecule has 1 unspecified atom stereocenters. The van der Waals surface area contributed by atoms with Crippen molar-refractivity contribution < 1.29 is 4.74 Å². The summed E-state index contributed by atoms with van der Waals surface area (Å²) in [6, 6.07) is 11.3. The van der Waals surface area contributed by atoms with Crippen molar-refractivity contribution in [2.75, 3.05) is 24.6 Å². The Morgan fingerprint density at radius 3 is 2.89 bits per heavy atom. The standard InChI is InChI=1S/C19H18BrN5O2/c1-24-18(26)10-16(15-5-6-21-12-22-15)23-19(24)25-7-8-27-17(11-25)13-3-2-4-14(20)9-13/h2-6,9-10,12,17H,7-8,11H2,1H3. The molecule has 0 N–H and O–H groups in total. The number of aromatic nitrogens is 4. The first kappa shape index (κ1) is 17.8. The molecular formula is C19H18BrN5O2. The van der Waals surface area contributed by atoms with E-state index < -0.39 is 0 Å². The molecule has 2 aromatic heterocycles. The molecule has 1 atom stereocenters. The molecular weight excluding hydrogens is 410 g/mol. The molecule has 0 bridgehead atoms. The lowest BCUT2D eigenvalue weighted by atomic mass is 10.1. The van der Waals surface area contributed by atoms with Gasteiger partial charge in [0.05, 0.1) is 24.5 Å². The Labute approximate surface area is 164 Å². The lowest BCUT2D eigenvalue weighted by Gasteiger charge is -2.34. The van der Waals surface area contributed by atoms with Crippen molar-refractivity contribution >= 4 is 21.9 Å². The summed E-state index contributed by atoms with van der Waals surface area (Å²) in [5, 5.41) is 0. The SMILES string of the molecule is Cn1c(N2CCOC(c3cccc(Br)c3)C2)nc(-c2ccncn2)cc1=O. The molecule has 4 rings (SSSR count). The van der Waals surface area contributed by atoms with Crippen molar-refractivity contribution in [3.63, 3.8) is 0 Å². The highest BCUT2D eigenvalue weighted by atomic mass is 79.9. The minimum atomic E-state index is -0.126. The van der Waals surface area contributed by atoms with Crippen molar-refractivity contribution in [3.05, 3.63) is 69.3 Å². The number of halogens is 1. The smallest absolute Gasteiger partial charge is 0.255 e. The van der Waals surface area contributed by atoms with Crippen LogP contribution in [0.1, 0.15) is 11.7 Å². The van der Waals surface area contributed by atoms with Crippen molar-refractivity contribution in [1.82, 2.24) is 19.5 Å². The van der Waals surface area contributed by atoms with Gasteiger partial charge in [0.25, 0.3) is 5.56 Å². The molecule has 8 heteroatoms. The number of hydrogen-bond acceptors (Lipinski definition) is 6. The summed E-state index contributed by atoms with van der Waals surface area (Å²) >= 11 is 3.51. The van der Waals surface area contributed by atoms with Crippen LogP contribution in [0.5, 0.6) is 0 Å². The molecule has 0 spiro atoms. The van der Waals surface area contributed by atoms with Crippen molar-refractivity contribution in [2.45, 2.75) is 6.10 Å². The van der Waals surface area contributed by atoms with Gasteiger partial charge in [0.15, 0.2) is 0 Å². The Balaban J connectivity index is 1.68. The van der Waals surface area contributed by atoms with E-state index in [4.69, 9.17) is 9.72 Å². The molecule has 138 valence electrons. The Kier molecular flexibility index (Phi) is 5.00. The monoisotopic (exact) mass is 427 g/mol. The van der Waals surface area contributed by atoms with Crippen LogP contribution in [0, 0.1) is 0 Å². The fourth-order valence-corrected chi connectivity index (χ4v) is 3.54. The molecule has 0 amide bonds. The number of nitrogens with zero attached hydrogens (tertiary/aromatic N) is 5. The molecule has 0 aliphatic carbocycles. The second-order valence-electron chi connectivity index (χ2n) is 6.29. The zero-order valence-corrected chi connectivity index (χ0v) is 16.3. The second-order valence-corrected chi connectivity index (χ2v) is 7.21. The Hall–Kier alpha value is -2.58. The van der Waals surface area contributed by atoms with E-state index in [1.165, 1.54) is 12.4 Å². The molecule has 3 heterocycles. The van der Waals surface area contributed by atoms with E-state index in [9.17, 15) is 4.79 Å². The summed E-state index contributed by atoms with van der Waals surface area (Å²) in [6.45, 7) is 1.84. The zero-order chi connectivity index (χ0) is 18.8. The third-order valence-electron chi connectivity index (χ3n) is 4.53. The van der Waals surface area contributed by atoms with Crippen LogP contribution in [0.15, 0.2) is 58.2 Å².